The van der Waals surface area contributed by atoms with Crippen molar-refractivity contribution < 1.29 is 19.4 Å². The molecule has 7 heteroatoms. The summed E-state index contributed by atoms with van der Waals surface area (Å²) in [5.41, 5.74) is 5.93. The molecule has 1 fully saturated rings. The molecule has 1 aromatic carbocycles. The van der Waals surface area contributed by atoms with Crippen molar-refractivity contribution >= 4 is 17.7 Å². The minimum Gasteiger partial charge on any atom is -0.505 e. The summed E-state index contributed by atoms with van der Waals surface area (Å²) in [6, 6.07) is 4.68. The van der Waals surface area contributed by atoms with Crippen molar-refractivity contribution in [1.29, 1.82) is 0 Å². The van der Waals surface area contributed by atoms with Gasteiger partial charge in [0, 0.05) is 26.2 Å². The molecule has 2 amide bonds. The fraction of sp³-hybridized carbons (Fsp3) is 0.385. The Morgan fingerprint density at radius 3 is 2.40 bits per heavy atom. The Balaban J connectivity index is 2.05. The van der Waals surface area contributed by atoms with Gasteiger partial charge in [-0.25, -0.2) is 4.79 Å². The van der Waals surface area contributed by atoms with Crippen molar-refractivity contribution in [2.24, 2.45) is 0 Å². The van der Waals surface area contributed by atoms with Crippen LogP contribution < -0.4 is 5.73 Å². The van der Waals surface area contributed by atoms with Crippen LogP contribution in [-0.4, -0.2) is 60.2 Å². The third kappa shape index (κ3) is 2.61. The molecule has 0 saturated carbocycles. The molecule has 1 aliphatic rings. The molecule has 108 valence electrons. The summed E-state index contributed by atoms with van der Waals surface area (Å²) < 4.78 is 4.63. The summed E-state index contributed by atoms with van der Waals surface area (Å²) in [7, 11) is 1.32. The minimum absolute atomic E-state index is 0.170. The lowest BCUT2D eigenvalue weighted by molar-refractivity contribution is 0.0597. The molecule has 0 atom stereocenters. The number of phenols is 1. The number of carbonyl (C=O) groups excluding carboxylic acids is 2. The van der Waals surface area contributed by atoms with E-state index in [4.69, 9.17) is 5.73 Å². The van der Waals surface area contributed by atoms with Crippen LogP contribution in [0.1, 0.15) is 10.4 Å². The normalized spacial score (nSPS) is 15.1. The van der Waals surface area contributed by atoms with Crippen LogP contribution in [0.2, 0.25) is 0 Å². The molecule has 0 spiro atoms. The van der Waals surface area contributed by atoms with Crippen LogP contribution in [-0.2, 0) is 4.74 Å². The first-order valence-electron chi connectivity index (χ1n) is 6.24. The van der Waals surface area contributed by atoms with Crippen LogP contribution in [0.3, 0.4) is 0 Å². The van der Waals surface area contributed by atoms with Gasteiger partial charge in [-0.3, -0.25) is 4.79 Å². The Morgan fingerprint density at radius 2 is 1.80 bits per heavy atom. The quantitative estimate of drug-likeness (QED) is 0.576. The molecule has 0 unspecified atom stereocenters. The van der Waals surface area contributed by atoms with Gasteiger partial charge in [-0.15, -0.1) is 0 Å². The molecule has 0 aromatic heterocycles. The maximum atomic E-state index is 12.3. The molecule has 1 aromatic rings. The summed E-state index contributed by atoms with van der Waals surface area (Å²) in [6.45, 7) is 1.59. The highest BCUT2D eigenvalue weighted by atomic mass is 16.5. The lowest BCUT2D eigenvalue weighted by atomic mass is 10.1. The van der Waals surface area contributed by atoms with Gasteiger partial charge >= 0.3 is 6.09 Å². The summed E-state index contributed by atoms with van der Waals surface area (Å²) in [5, 5.41) is 9.82. The van der Waals surface area contributed by atoms with Crippen LogP contribution in [0.5, 0.6) is 5.75 Å². The second kappa shape index (κ2) is 5.68. The molecule has 1 saturated heterocycles. The average Bonchev–Trinajstić information content (AvgIpc) is 2.48. The Hall–Kier alpha value is -2.44. The zero-order chi connectivity index (χ0) is 14.7. The standard InChI is InChI=1S/C13H17N3O4/c1-20-13(19)16-7-5-15(6-8-16)12(18)9-3-2-4-10(14)11(9)17/h2-4,17H,5-8,14H2,1H3. The van der Waals surface area contributed by atoms with E-state index in [-0.39, 0.29) is 22.9 Å². The van der Waals surface area contributed by atoms with Crippen LogP contribution >= 0.6 is 0 Å². The lowest BCUT2D eigenvalue weighted by Crippen LogP contribution is -2.50. The fourth-order valence-corrected chi connectivity index (χ4v) is 2.13. The van der Waals surface area contributed by atoms with E-state index >= 15 is 0 Å². The van der Waals surface area contributed by atoms with Crippen molar-refractivity contribution in [3.8, 4) is 5.75 Å². The molecule has 0 bridgehead atoms. The van der Waals surface area contributed by atoms with E-state index < -0.39 is 6.09 Å². The number of aromatic hydroxyl groups is 1. The SMILES string of the molecule is COC(=O)N1CCN(C(=O)c2cccc(N)c2O)CC1. The van der Waals surface area contributed by atoms with Crippen LogP contribution in [0.4, 0.5) is 10.5 Å². The minimum atomic E-state index is -0.399. The summed E-state index contributed by atoms with van der Waals surface area (Å²) >= 11 is 0. The monoisotopic (exact) mass is 279 g/mol. The maximum absolute atomic E-state index is 12.3. The Morgan fingerprint density at radius 1 is 1.20 bits per heavy atom. The average molecular weight is 279 g/mol. The third-order valence-corrected chi connectivity index (χ3v) is 3.30. The first-order chi connectivity index (χ1) is 9.54. The highest BCUT2D eigenvalue weighted by Gasteiger charge is 2.26. The molecule has 1 aliphatic heterocycles. The Kier molecular flexibility index (Phi) is 3.97. The predicted octanol–water partition coefficient (Wildman–Crippen LogP) is 0.499. The number of nitrogens with zero attached hydrogens (tertiary/aromatic N) is 2. The van der Waals surface area contributed by atoms with Crippen molar-refractivity contribution in [2.75, 3.05) is 39.0 Å². The van der Waals surface area contributed by atoms with Gasteiger partial charge in [0.2, 0.25) is 0 Å². The number of phenolic OH excluding ortho intramolecular Hbond substituents is 1. The molecule has 1 heterocycles. The number of nitrogen functional groups attached to an aromatic ring is 1. The van der Waals surface area contributed by atoms with Crippen molar-refractivity contribution in [3.63, 3.8) is 0 Å². The predicted molar refractivity (Wildman–Crippen MR) is 72.4 cm³/mol. The number of hydrogen-bond donors (Lipinski definition) is 2. The molecule has 20 heavy (non-hydrogen) atoms. The van der Waals surface area contributed by atoms with Crippen molar-refractivity contribution in [3.05, 3.63) is 23.8 Å². The molecule has 0 aliphatic carbocycles. The number of ether oxygens (including phenoxy) is 1. The van der Waals surface area contributed by atoms with Crippen LogP contribution in [0.15, 0.2) is 18.2 Å². The van der Waals surface area contributed by atoms with Crippen LogP contribution in [0.25, 0.3) is 0 Å². The van der Waals surface area contributed by atoms with Gasteiger partial charge in [-0.05, 0) is 12.1 Å². The van der Waals surface area contributed by atoms with E-state index in [2.05, 4.69) is 4.74 Å². The number of benzene rings is 1. The zero-order valence-corrected chi connectivity index (χ0v) is 11.2. The molecular weight excluding hydrogens is 262 g/mol. The summed E-state index contributed by atoms with van der Waals surface area (Å²) in [5.74, 6) is -0.493. The number of hydrogen-bond acceptors (Lipinski definition) is 5. The van der Waals surface area contributed by atoms with E-state index in [0.717, 1.165) is 0 Å². The van der Waals surface area contributed by atoms with E-state index in [1.54, 1.807) is 11.0 Å². The van der Waals surface area contributed by atoms with Gasteiger partial charge in [0.05, 0.1) is 18.4 Å². The van der Waals surface area contributed by atoms with E-state index in [1.165, 1.54) is 24.1 Å². The number of carbonyl (C=O) groups is 2. The second-order valence-electron chi connectivity index (χ2n) is 4.49. The summed E-state index contributed by atoms with van der Waals surface area (Å²) in [6.07, 6.45) is -0.399. The summed E-state index contributed by atoms with van der Waals surface area (Å²) in [4.78, 5) is 26.8. The fourth-order valence-electron chi connectivity index (χ4n) is 2.13. The second-order valence-corrected chi connectivity index (χ2v) is 4.49. The van der Waals surface area contributed by atoms with Crippen molar-refractivity contribution in [2.45, 2.75) is 0 Å². The maximum Gasteiger partial charge on any atom is 0.409 e. The van der Waals surface area contributed by atoms with Gasteiger partial charge < -0.3 is 25.4 Å². The highest BCUT2D eigenvalue weighted by molar-refractivity contribution is 5.98. The first-order valence-corrected chi connectivity index (χ1v) is 6.24. The molecule has 2 rings (SSSR count). The number of para-hydroxylation sites is 1. The molecule has 7 nitrogen and oxygen atoms in total. The first kappa shape index (κ1) is 14.0. The number of anilines is 1. The van der Waals surface area contributed by atoms with Gasteiger partial charge in [-0.2, -0.15) is 0 Å². The number of amides is 2. The number of piperazine rings is 1. The number of methoxy groups -OCH3 is 1. The van der Waals surface area contributed by atoms with Crippen LogP contribution in [0, 0.1) is 0 Å². The van der Waals surface area contributed by atoms with Gasteiger partial charge in [0.25, 0.3) is 5.91 Å². The van der Waals surface area contributed by atoms with Gasteiger partial charge in [0.1, 0.15) is 0 Å². The number of nitrogens with two attached hydrogens (primary N) is 1. The Bertz CT molecular complexity index is 524. The van der Waals surface area contributed by atoms with E-state index in [0.29, 0.717) is 26.2 Å². The van der Waals surface area contributed by atoms with Gasteiger partial charge in [0.15, 0.2) is 5.75 Å². The van der Waals surface area contributed by atoms with Gasteiger partial charge in [-0.1, -0.05) is 6.07 Å². The number of rotatable bonds is 1. The van der Waals surface area contributed by atoms with E-state index in [1.807, 2.05) is 0 Å². The topological polar surface area (TPSA) is 96.1 Å². The highest BCUT2D eigenvalue weighted by Crippen LogP contribution is 2.25. The Labute approximate surface area is 116 Å². The molecule has 3 N–H and O–H groups in total. The molecular formula is C13H17N3O4. The molecule has 0 radical (unpaired) electrons. The van der Waals surface area contributed by atoms with Crippen molar-refractivity contribution in [1.82, 2.24) is 9.80 Å². The third-order valence-electron chi connectivity index (χ3n) is 3.30. The van der Waals surface area contributed by atoms with E-state index in [9.17, 15) is 14.7 Å². The largest absolute Gasteiger partial charge is 0.505 e. The zero-order valence-electron chi connectivity index (χ0n) is 11.2. The lowest BCUT2D eigenvalue weighted by Gasteiger charge is -2.34. The smallest absolute Gasteiger partial charge is 0.409 e.